The van der Waals surface area contributed by atoms with Crippen molar-refractivity contribution in [2.24, 2.45) is 11.1 Å². The molecule has 0 radical (unpaired) electrons. The largest absolute Gasteiger partial charge is 0.368 e. The van der Waals surface area contributed by atoms with Crippen molar-refractivity contribution >= 4 is 5.82 Å². The first kappa shape index (κ1) is 13.3. The minimum absolute atomic E-state index is 0.260. The van der Waals surface area contributed by atoms with Gasteiger partial charge in [0.25, 0.3) is 0 Å². The van der Waals surface area contributed by atoms with Crippen molar-refractivity contribution in [2.75, 3.05) is 18.4 Å². The van der Waals surface area contributed by atoms with Gasteiger partial charge in [0.2, 0.25) is 0 Å². The van der Waals surface area contributed by atoms with E-state index in [9.17, 15) is 0 Å². The van der Waals surface area contributed by atoms with Crippen LogP contribution >= 0.6 is 0 Å². The molecule has 0 aromatic carbocycles. The van der Waals surface area contributed by atoms with Gasteiger partial charge in [-0.1, -0.05) is 19.3 Å². The maximum absolute atomic E-state index is 5.99. The summed E-state index contributed by atoms with van der Waals surface area (Å²) < 4.78 is 0. The molecule has 18 heavy (non-hydrogen) atoms. The fourth-order valence-corrected chi connectivity index (χ4v) is 2.73. The molecule has 1 aliphatic rings. The van der Waals surface area contributed by atoms with Crippen LogP contribution in [-0.4, -0.2) is 23.1 Å². The number of hydrogen-bond donors (Lipinski definition) is 2. The van der Waals surface area contributed by atoms with E-state index in [1.165, 1.54) is 32.1 Å². The van der Waals surface area contributed by atoms with Crippen molar-refractivity contribution < 1.29 is 0 Å². The zero-order chi connectivity index (χ0) is 13.0. The van der Waals surface area contributed by atoms with Crippen LogP contribution in [0.2, 0.25) is 0 Å². The summed E-state index contributed by atoms with van der Waals surface area (Å²) >= 11 is 0. The van der Waals surface area contributed by atoms with Crippen LogP contribution in [0.3, 0.4) is 0 Å². The first-order chi connectivity index (χ1) is 8.65. The molecule has 3 N–H and O–H groups in total. The molecule has 0 amide bonds. The zero-order valence-corrected chi connectivity index (χ0v) is 11.5. The molecular weight excluding hydrogens is 224 g/mol. The van der Waals surface area contributed by atoms with E-state index in [2.05, 4.69) is 15.3 Å². The molecule has 0 atom stereocenters. The molecule has 0 unspecified atom stereocenters. The van der Waals surface area contributed by atoms with Crippen LogP contribution in [0.15, 0.2) is 6.20 Å². The van der Waals surface area contributed by atoms with Crippen LogP contribution in [0.1, 0.15) is 43.5 Å². The topological polar surface area (TPSA) is 63.8 Å². The highest BCUT2D eigenvalue weighted by atomic mass is 15.0. The SMILES string of the molecule is Cc1cnc(C)c(NCC2(CN)CCCCC2)n1. The van der Waals surface area contributed by atoms with Crippen molar-refractivity contribution in [3.8, 4) is 0 Å². The molecule has 1 aromatic rings. The maximum atomic E-state index is 5.99. The Kier molecular flexibility index (Phi) is 4.17. The summed E-state index contributed by atoms with van der Waals surface area (Å²) in [4.78, 5) is 8.84. The highest BCUT2D eigenvalue weighted by Crippen LogP contribution is 2.35. The van der Waals surface area contributed by atoms with Crippen LogP contribution in [0.4, 0.5) is 5.82 Å². The first-order valence-electron chi connectivity index (χ1n) is 6.89. The second kappa shape index (κ2) is 5.65. The highest BCUT2D eigenvalue weighted by Gasteiger charge is 2.30. The van der Waals surface area contributed by atoms with E-state index < -0.39 is 0 Å². The lowest BCUT2D eigenvalue weighted by Crippen LogP contribution is -2.39. The lowest BCUT2D eigenvalue weighted by Gasteiger charge is -2.36. The smallest absolute Gasteiger partial charge is 0.147 e. The average molecular weight is 248 g/mol. The van der Waals surface area contributed by atoms with E-state index in [-0.39, 0.29) is 5.41 Å². The monoisotopic (exact) mass is 248 g/mol. The zero-order valence-electron chi connectivity index (χ0n) is 11.5. The number of nitrogens with zero attached hydrogens (tertiary/aromatic N) is 2. The number of nitrogens with two attached hydrogens (primary N) is 1. The van der Waals surface area contributed by atoms with Gasteiger partial charge in [0.15, 0.2) is 0 Å². The summed E-state index contributed by atoms with van der Waals surface area (Å²) in [6.45, 7) is 5.64. The molecule has 0 spiro atoms. The Hall–Kier alpha value is -1.16. The maximum Gasteiger partial charge on any atom is 0.147 e. The third-order valence-electron chi connectivity index (χ3n) is 4.05. The Morgan fingerprint density at radius 3 is 2.67 bits per heavy atom. The summed E-state index contributed by atoms with van der Waals surface area (Å²) in [5, 5.41) is 3.46. The van der Waals surface area contributed by atoms with Gasteiger partial charge < -0.3 is 11.1 Å². The molecule has 0 aliphatic heterocycles. The van der Waals surface area contributed by atoms with Crippen LogP contribution in [-0.2, 0) is 0 Å². The lowest BCUT2D eigenvalue weighted by atomic mass is 9.74. The molecule has 4 heteroatoms. The molecule has 1 saturated carbocycles. The number of aromatic nitrogens is 2. The number of rotatable bonds is 4. The van der Waals surface area contributed by atoms with Gasteiger partial charge in [-0.3, -0.25) is 4.98 Å². The van der Waals surface area contributed by atoms with Crippen molar-refractivity contribution in [3.05, 3.63) is 17.6 Å². The van der Waals surface area contributed by atoms with Gasteiger partial charge in [-0.25, -0.2) is 4.98 Å². The van der Waals surface area contributed by atoms with Gasteiger partial charge in [-0.05, 0) is 38.6 Å². The Morgan fingerprint density at radius 1 is 1.28 bits per heavy atom. The fraction of sp³-hybridized carbons (Fsp3) is 0.714. The van der Waals surface area contributed by atoms with Crippen molar-refractivity contribution in [1.82, 2.24) is 9.97 Å². The Bertz CT molecular complexity index is 397. The van der Waals surface area contributed by atoms with Crippen LogP contribution < -0.4 is 11.1 Å². The van der Waals surface area contributed by atoms with Gasteiger partial charge in [-0.15, -0.1) is 0 Å². The summed E-state index contributed by atoms with van der Waals surface area (Å²) in [5.74, 6) is 0.911. The quantitative estimate of drug-likeness (QED) is 0.859. The Labute approximate surface area is 109 Å². The number of hydrogen-bond acceptors (Lipinski definition) is 4. The second-order valence-corrected chi connectivity index (χ2v) is 5.56. The molecule has 1 aromatic heterocycles. The molecule has 1 fully saturated rings. The first-order valence-corrected chi connectivity index (χ1v) is 6.89. The molecule has 0 bridgehead atoms. The number of nitrogens with one attached hydrogen (secondary N) is 1. The third-order valence-corrected chi connectivity index (χ3v) is 4.05. The summed E-state index contributed by atoms with van der Waals surface area (Å²) in [6.07, 6.45) is 8.23. The summed E-state index contributed by atoms with van der Waals surface area (Å²) in [7, 11) is 0. The van der Waals surface area contributed by atoms with Gasteiger partial charge in [0.05, 0.1) is 11.4 Å². The van der Waals surface area contributed by atoms with Crippen molar-refractivity contribution in [1.29, 1.82) is 0 Å². The van der Waals surface area contributed by atoms with Gasteiger partial charge in [-0.2, -0.15) is 0 Å². The average Bonchev–Trinajstić information content (AvgIpc) is 2.41. The Balaban J connectivity index is 2.03. The van der Waals surface area contributed by atoms with E-state index in [0.29, 0.717) is 0 Å². The lowest BCUT2D eigenvalue weighted by molar-refractivity contribution is 0.215. The summed E-state index contributed by atoms with van der Waals surface area (Å²) in [5.41, 5.74) is 8.17. The normalized spacial score (nSPS) is 18.6. The molecule has 0 saturated heterocycles. The van der Waals surface area contributed by atoms with E-state index in [0.717, 1.165) is 30.3 Å². The summed E-state index contributed by atoms with van der Waals surface area (Å²) in [6, 6.07) is 0. The predicted molar refractivity (Wildman–Crippen MR) is 74.6 cm³/mol. The Morgan fingerprint density at radius 2 is 2.00 bits per heavy atom. The van der Waals surface area contributed by atoms with E-state index in [1.807, 2.05) is 13.8 Å². The molecule has 100 valence electrons. The molecule has 1 aliphatic carbocycles. The van der Waals surface area contributed by atoms with Gasteiger partial charge >= 0.3 is 0 Å². The standard InChI is InChI=1S/C14H24N4/c1-11-8-16-12(2)13(18-11)17-10-14(9-15)6-4-3-5-7-14/h8H,3-7,9-10,15H2,1-2H3,(H,17,18). The predicted octanol–water partition coefficient (Wildman–Crippen LogP) is 2.41. The molecule has 2 rings (SSSR count). The molecule has 1 heterocycles. The van der Waals surface area contributed by atoms with Crippen molar-refractivity contribution in [3.63, 3.8) is 0 Å². The van der Waals surface area contributed by atoms with Gasteiger partial charge in [0.1, 0.15) is 5.82 Å². The van der Waals surface area contributed by atoms with E-state index in [1.54, 1.807) is 6.20 Å². The van der Waals surface area contributed by atoms with Crippen LogP contribution in [0, 0.1) is 19.3 Å². The van der Waals surface area contributed by atoms with Gasteiger partial charge in [0, 0.05) is 12.7 Å². The van der Waals surface area contributed by atoms with Crippen molar-refractivity contribution in [2.45, 2.75) is 46.0 Å². The number of aryl methyl sites for hydroxylation is 2. The van der Waals surface area contributed by atoms with E-state index in [4.69, 9.17) is 5.73 Å². The third kappa shape index (κ3) is 2.99. The minimum Gasteiger partial charge on any atom is -0.368 e. The highest BCUT2D eigenvalue weighted by molar-refractivity contribution is 5.39. The molecular formula is C14H24N4. The van der Waals surface area contributed by atoms with E-state index >= 15 is 0 Å². The molecule has 4 nitrogen and oxygen atoms in total. The van der Waals surface area contributed by atoms with Crippen LogP contribution in [0.5, 0.6) is 0 Å². The minimum atomic E-state index is 0.260. The number of anilines is 1. The second-order valence-electron chi connectivity index (χ2n) is 5.56. The van der Waals surface area contributed by atoms with Crippen LogP contribution in [0.25, 0.3) is 0 Å². The fourth-order valence-electron chi connectivity index (χ4n) is 2.73.